The van der Waals surface area contributed by atoms with Gasteiger partial charge in [-0.15, -0.1) is 0 Å². The number of aromatic nitrogens is 2. The number of hydrogen-bond donors (Lipinski definition) is 2. The summed E-state index contributed by atoms with van der Waals surface area (Å²) in [6, 6.07) is 10.3. The molecule has 136 valence electrons. The van der Waals surface area contributed by atoms with Gasteiger partial charge >= 0.3 is 0 Å². The van der Waals surface area contributed by atoms with Crippen LogP contribution in [0.3, 0.4) is 0 Å². The molecule has 1 atom stereocenters. The molecule has 1 aromatic carbocycles. The van der Waals surface area contributed by atoms with Crippen LogP contribution >= 0.6 is 12.6 Å². The second-order valence-corrected chi connectivity index (χ2v) is 8.97. The van der Waals surface area contributed by atoms with Gasteiger partial charge in [0.15, 0.2) is 0 Å². The number of thiol groups is 1. The zero-order chi connectivity index (χ0) is 17.7. The van der Waals surface area contributed by atoms with Gasteiger partial charge in [0.2, 0.25) is 10.0 Å². The lowest BCUT2D eigenvalue weighted by atomic mass is 10.2. The minimum Gasteiger partial charge on any atom is -0.348 e. The minimum atomic E-state index is -3.25. The first kappa shape index (κ1) is 18.4. The number of aromatic amines is 1. The van der Waals surface area contributed by atoms with Crippen LogP contribution in [0.4, 0.5) is 0 Å². The van der Waals surface area contributed by atoms with Crippen LogP contribution in [-0.2, 0) is 16.6 Å². The first-order chi connectivity index (χ1) is 12.0. The highest BCUT2D eigenvalue weighted by Crippen LogP contribution is 2.22. The molecule has 0 saturated carbocycles. The standard InChI is InChI=1S/C17H24N4O2S2/c22-25(23,13-6-16(24)17-18-7-8-19-17)21-11-9-20(10-12-21)14-15-4-2-1-3-5-15/h1-5,7-8,16,24H,6,9-14H2,(H,18,19). The van der Waals surface area contributed by atoms with Gasteiger partial charge in [-0.05, 0) is 12.0 Å². The van der Waals surface area contributed by atoms with E-state index in [1.807, 2.05) is 18.2 Å². The highest BCUT2D eigenvalue weighted by Gasteiger charge is 2.27. The molecule has 2 aromatic rings. The number of H-pyrrole nitrogens is 1. The predicted molar refractivity (Wildman–Crippen MR) is 102 cm³/mol. The summed E-state index contributed by atoms with van der Waals surface area (Å²) < 4.78 is 26.7. The lowest BCUT2D eigenvalue weighted by molar-refractivity contribution is 0.181. The van der Waals surface area contributed by atoms with Gasteiger partial charge in [-0.2, -0.15) is 16.9 Å². The molecular weight excluding hydrogens is 356 g/mol. The van der Waals surface area contributed by atoms with Crippen molar-refractivity contribution in [2.45, 2.75) is 18.2 Å². The monoisotopic (exact) mass is 380 g/mol. The maximum atomic E-state index is 12.6. The number of rotatable bonds is 7. The minimum absolute atomic E-state index is 0.0978. The third-order valence-electron chi connectivity index (χ3n) is 4.46. The van der Waals surface area contributed by atoms with E-state index in [2.05, 4.69) is 39.6 Å². The van der Waals surface area contributed by atoms with Crippen LogP contribution in [0.15, 0.2) is 42.7 Å². The van der Waals surface area contributed by atoms with E-state index in [1.54, 1.807) is 16.7 Å². The molecule has 1 N–H and O–H groups in total. The number of hydrogen-bond acceptors (Lipinski definition) is 5. The molecule has 1 unspecified atom stereocenters. The van der Waals surface area contributed by atoms with Crippen LogP contribution < -0.4 is 0 Å². The normalized spacial score (nSPS) is 18.3. The molecule has 0 bridgehead atoms. The Morgan fingerprint density at radius 3 is 2.52 bits per heavy atom. The van der Waals surface area contributed by atoms with Crippen LogP contribution in [0.25, 0.3) is 0 Å². The molecule has 25 heavy (non-hydrogen) atoms. The van der Waals surface area contributed by atoms with E-state index in [4.69, 9.17) is 0 Å². The Morgan fingerprint density at radius 2 is 1.88 bits per heavy atom. The number of imidazole rings is 1. The Kier molecular flexibility index (Phi) is 6.16. The van der Waals surface area contributed by atoms with E-state index < -0.39 is 10.0 Å². The number of sulfonamides is 1. The Labute approximate surface area is 154 Å². The fraction of sp³-hybridized carbons (Fsp3) is 0.471. The summed E-state index contributed by atoms with van der Waals surface area (Å²) in [6.07, 6.45) is 3.82. The number of benzene rings is 1. The number of nitrogens with one attached hydrogen (secondary N) is 1. The Morgan fingerprint density at radius 1 is 1.16 bits per heavy atom. The van der Waals surface area contributed by atoms with Crippen molar-refractivity contribution < 1.29 is 8.42 Å². The molecule has 1 saturated heterocycles. The van der Waals surface area contributed by atoms with E-state index in [1.165, 1.54) is 5.56 Å². The van der Waals surface area contributed by atoms with Crippen molar-refractivity contribution in [1.29, 1.82) is 0 Å². The molecule has 0 aliphatic carbocycles. The summed E-state index contributed by atoms with van der Waals surface area (Å²) in [5.74, 6) is 0.812. The summed E-state index contributed by atoms with van der Waals surface area (Å²) in [7, 11) is -3.25. The van der Waals surface area contributed by atoms with Gasteiger partial charge < -0.3 is 4.98 Å². The van der Waals surface area contributed by atoms with Gasteiger partial charge in [0, 0.05) is 45.1 Å². The molecule has 1 fully saturated rings. The molecule has 0 radical (unpaired) electrons. The summed E-state index contributed by atoms with van der Waals surface area (Å²) in [5.41, 5.74) is 1.26. The van der Waals surface area contributed by atoms with Gasteiger partial charge in [0.25, 0.3) is 0 Å². The van der Waals surface area contributed by atoms with E-state index in [9.17, 15) is 8.42 Å². The molecule has 1 aromatic heterocycles. The molecule has 2 heterocycles. The van der Waals surface area contributed by atoms with Gasteiger partial charge in [-0.25, -0.2) is 13.4 Å². The van der Waals surface area contributed by atoms with E-state index >= 15 is 0 Å². The van der Waals surface area contributed by atoms with Crippen molar-refractivity contribution >= 4 is 22.7 Å². The smallest absolute Gasteiger partial charge is 0.214 e. The third-order valence-corrected chi connectivity index (χ3v) is 6.86. The second-order valence-electron chi connectivity index (χ2n) is 6.26. The Hall–Kier alpha value is -1.35. The SMILES string of the molecule is O=S(=O)(CCC(S)c1ncc[nH]1)N1CCN(Cc2ccccc2)CC1. The van der Waals surface area contributed by atoms with Gasteiger partial charge in [-0.1, -0.05) is 30.3 Å². The van der Waals surface area contributed by atoms with Crippen molar-refractivity contribution in [2.75, 3.05) is 31.9 Å². The maximum Gasteiger partial charge on any atom is 0.214 e. The third kappa shape index (κ3) is 5.07. The van der Waals surface area contributed by atoms with Crippen LogP contribution in [0.5, 0.6) is 0 Å². The highest BCUT2D eigenvalue weighted by atomic mass is 32.2. The molecule has 3 rings (SSSR count). The van der Waals surface area contributed by atoms with Gasteiger partial charge in [-0.3, -0.25) is 4.90 Å². The summed E-state index contributed by atoms with van der Waals surface area (Å²) in [6.45, 7) is 3.49. The topological polar surface area (TPSA) is 69.3 Å². The van der Waals surface area contributed by atoms with Crippen LogP contribution in [-0.4, -0.2) is 59.5 Å². The number of nitrogens with zero attached hydrogens (tertiary/aromatic N) is 3. The van der Waals surface area contributed by atoms with Crippen molar-refractivity contribution in [1.82, 2.24) is 19.2 Å². The van der Waals surface area contributed by atoms with Crippen molar-refractivity contribution in [3.8, 4) is 0 Å². The zero-order valence-corrected chi connectivity index (χ0v) is 15.8. The number of piperazine rings is 1. The Bertz CT molecular complexity index is 742. The van der Waals surface area contributed by atoms with Gasteiger partial charge in [0.1, 0.15) is 5.82 Å². The molecule has 8 heteroatoms. The summed E-state index contributed by atoms with van der Waals surface area (Å²) in [4.78, 5) is 9.41. The van der Waals surface area contributed by atoms with Crippen molar-refractivity contribution in [3.05, 3.63) is 54.1 Å². The Balaban J connectivity index is 1.47. The maximum absolute atomic E-state index is 12.6. The predicted octanol–water partition coefficient (Wildman–Crippen LogP) is 1.92. The average molecular weight is 381 g/mol. The lowest BCUT2D eigenvalue weighted by Gasteiger charge is -2.34. The molecule has 1 aliphatic heterocycles. The van der Waals surface area contributed by atoms with Crippen LogP contribution in [0, 0.1) is 0 Å². The van der Waals surface area contributed by atoms with Crippen molar-refractivity contribution in [2.24, 2.45) is 0 Å². The molecule has 0 spiro atoms. The fourth-order valence-electron chi connectivity index (χ4n) is 2.99. The fourth-order valence-corrected chi connectivity index (χ4v) is 4.95. The van der Waals surface area contributed by atoms with Gasteiger partial charge in [0.05, 0.1) is 11.0 Å². The highest BCUT2D eigenvalue weighted by molar-refractivity contribution is 7.89. The average Bonchev–Trinajstić information content (AvgIpc) is 3.16. The summed E-state index contributed by atoms with van der Waals surface area (Å²) in [5, 5.41) is -0.191. The molecule has 1 aliphatic rings. The van der Waals surface area contributed by atoms with E-state index in [0.717, 1.165) is 19.6 Å². The molecule has 0 amide bonds. The van der Waals surface area contributed by atoms with Crippen LogP contribution in [0.2, 0.25) is 0 Å². The van der Waals surface area contributed by atoms with Crippen molar-refractivity contribution in [3.63, 3.8) is 0 Å². The summed E-state index contributed by atoms with van der Waals surface area (Å²) >= 11 is 4.45. The van der Waals surface area contributed by atoms with E-state index in [-0.39, 0.29) is 11.0 Å². The molecule has 6 nitrogen and oxygen atoms in total. The first-order valence-corrected chi connectivity index (χ1v) is 10.6. The first-order valence-electron chi connectivity index (χ1n) is 8.46. The quantitative estimate of drug-likeness (QED) is 0.720. The second kappa shape index (κ2) is 8.35. The zero-order valence-electron chi connectivity index (χ0n) is 14.1. The van der Waals surface area contributed by atoms with Crippen LogP contribution in [0.1, 0.15) is 23.1 Å². The van der Waals surface area contributed by atoms with E-state index in [0.29, 0.717) is 25.3 Å². The lowest BCUT2D eigenvalue weighted by Crippen LogP contribution is -2.48. The molecular formula is C17H24N4O2S2. The largest absolute Gasteiger partial charge is 0.348 e.